The summed E-state index contributed by atoms with van der Waals surface area (Å²) in [7, 11) is 0. The second-order valence-electron chi connectivity index (χ2n) is 5.12. The predicted molar refractivity (Wildman–Crippen MR) is 80.8 cm³/mol. The van der Waals surface area contributed by atoms with Crippen LogP contribution >= 0.6 is 11.6 Å². The van der Waals surface area contributed by atoms with Crippen molar-refractivity contribution in [3.05, 3.63) is 63.0 Å². The first-order valence-corrected chi connectivity index (χ1v) is 7.20. The van der Waals surface area contributed by atoms with Crippen molar-refractivity contribution in [2.24, 2.45) is 0 Å². The fourth-order valence-corrected chi connectivity index (χ4v) is 2.22. The summed E-state index contributed by atoms with van der Waals surface area (Å²) in [6.07, 6.45) is -9.02. The number of alkyl halides is 6. The molecule has 0 saturated carbocycles. The Morgan fingerprint density at radius 2 is 1.69 bits per heavy atom. The van der Waals surface area contributed by atoms with Crippen molar-refractivity contribution >= 4 is 23.2 Å². The number of rotatable bonds is 3. The zero-order valence-electron chi connectivity index (χ0n) is 12.6. The Morgan fingerprint density at radius 3 is 2.27 bits per heavy atom. The minimum Gasteiger partial charge on any atom is -0.325 e. The number of anilines is 1. The van der Waals surface area contributed by atoms with Crippen LogP contribution in [0.3, 0.4) is 0 Å². The number of halogens is 7. The molecule has 4 nitrogen and oxygen atoms in total. The summed E-state index contributed by atoms with van der Waals surface area (Å²) in [6, 6.07) is 3.78. The lowest BCUT2D eigenvalue weighted by Gasteiger charge is -2.13. The molecule has 26 heavy (non-hydrogen) atoms. The van der Waals surface area contributed by atoms with E-state index >= 15 is 0 Å². The largest absolute Gasteiger partial charge is 0.417 e. The highest BCUT2D eigenvalue weighted by Crippen LogP contribution is 2.36. The van der Waals surface area contributed by atoms with E-state index in [1.807, 2.05) is 0 Å². The van der Waals surface area contributed by atoms with E-state index in [2.05, 4.69) is 5.32 Å². The van der Waals surface area contributed by atoms with Gasteiger partial charge in [0.25, 0.3) is 5.56 Å². The topological polar surface area (TPSA) is 51.1 Å². The van der Waals surface area contributed by atoms with E-state index < -0.39 is 46.5 Å². The molecule has 1 heterocycles. The van der Waals surface area contributed by atoms with Crippen LogP contribution in [-0.2, 0) is 23.7 Å². The van der Waals surface area contributed by atoms with Crippen molar-refractivity contribution in [3.63, 3.8) is 0 Å². The first-order chi connectivity index (χ1) is 11.9. The predicted octanol–water partition coefficient (Wildman–Crippen LogP) is 4.18. The minimum atomic E-state index is -4.75. The molecule has 2 rings (SSSR count). The summed E-state index contributed by atoms with van der Waals surface area (Å²) in [5.41, 5.74) is -3.48. The third kappa shape index (κ3) is 4.78. The second-order valence-corrected chi connectivity index (χ2v) is 5.53. The standard InChI is InChI=1S/C15H9ClF6N2O2/c16-11-3-2-9(5-10(11)15(20,21)22)23-12(25)7-24-6-8(14(17,18)19)1-4-13(24)26/h1-6H,7H2,(H,23,25). The van der Waals surface area contributed by atoms with Gasteiger partial charge in [-0.05, 0) is 24.3 Å². The molecule has 0 unspecified atom stereocenters. The van der Waals surface area contributed by atoms with Gasteiger partial charge in [0.05, 0.1) is 16.1 Å². The Bertz CT molecular complexity index is 889. The number of hydrogen-bond acceptors (Lipinski definition) is 2. The fraction of sp³-hybridized carbons (Fsp3) is 0.200. The number of aromatic nitrogens is 1. The van der Waals surface area contributed by atoms with Crippen LogP contribution in [0.5, 0.6) is 0 Å². The summed E-state index contributed by atoms with van der Waals surface area (Å²) in [6.45, 7) is -0.813. The van der Waals surface area contributed by atoms with E-state index in [0.717, 1.165) is 12.1 Å². The van der Waals surface area contributed by atoms with Gasteiger partial charge in [0.15, 0.2) is 0 Å². The SMILES string of the molecule is O=C(Cn1cc(C(F)(F)F)ccc1=O)Nc1ccc(Cl)c(C(F)(F)F)c1. The molecule has 2 aromatic rings. The highest BCUT2D eigenvalue weighted by molar-refractivity contribution is 6.31. The Kier molecular flexibility index (Phi) is 5.36. The highest BCUT2D eigenvalue weighted by atomic mass is 35.5. The van der Waals surface area contributed by atoms with Crippen LogP contribution in [0, 0.1) is 0 Å². The van der Waals surface area contributed by atoms with Crippen molar-refractivity contribution in [3.8, 4) is 0 Å². The van der Waals surface area contributed by atoms with Crippen molar-refractivity contribution in [1.82, 2.24) is 4.57 Å². The van der Waals surface area contributed by atoms with Gasteiger partial charge >= 0.3 is 12.4 Å². The van der Waals surface area contributed by atoms with Crippen LogP contribution in [0.4, 0.5) is 32.0 Å². The lowest BCUT2D eigenvalue weighted by atomic mass is 10.2. The molecule has 1 aromatic carbocycles. The van der Waals surface area contributed by atoms with Crippen LogP contribution in [0.25, 0.3) is 0 Å². The molecule has 11 heteroatoms. The molecule has 0 aliphatic heterocycles. The maximum Gasteiger partial charge on any atom is 0.417 e. The zero-order valence-corrected chi connectivity index (χ0v) is 13.3. The van der Waals surface area contributed by atoms with Crippen LogP contribution in [-0.4, -0.2) is 10.5 Å². The maximum absolute atomic E-state index is 12.8. The van der Waals surface area contributed by atoms with Crippen LogP contribution in [0.2, 0.25) is 5.02 Å². The molecule has 1 aromatic heterocycles. The van der Waals surface area contributed by atoms with E-state index in [-0.39, 0.29) is 5.69 Å². The average molecular weight is 399 g/mol. The number of nitrogens with zero attached hydrogens (tertiary/aromatic N) is 1. The fourth-order valence-electron chi connectivity index (χ4n) is 2.00. The van der Waals surface area contributed by atoms with Crippen molar-refractivity contribution in [2.75, 3.05) is 5.32 Å². The van der Waals surface area contributed by atoms with Gasteiger partial charge in [-0.15, -0.1) is 0 Å². The molecular formula is C15H9ClF6N2O2. The number of pyridine rings is 1. The van der Waals surface area contributed by atoms with Crippen LogP contribution < -0.4 is 10.9 Å². The van der Waals surface area contributed by atoms with Gasteiger partial charge in [-0.2, -0.15) is 26.3 Å². The third-order valence-corrected chi connectivity index (χ3v) is 3.51. The first-order valence-electron chi connectivity index (χ1n) is 6.82. The molecule has 0 saturated heterocycles. The Balaban J connectivity index is 2.21. The van der Waals surface area contributed by atoms with E-state index in [4.69, 9.17) is 11.6 Å². The molecule has 1 N–H and O–H groups in total. The molecule has 140 valence electrons. The lowest BCUT2D eigenvalue weighted by molar-refractivity contribution is -0.138. The molecule has 0 atom stereocenters. The number of carbonyl (C=O) groups excluding carboxylic acids is 1. The molecule has 0 aliphatic carbocycles. The molecular weight excluding hydrogens is 390 g/mol. The first kappa shape index (κ1) is 19.8. The van der Waals surface area contributed by atoms with E-state index in [9.17, 15) is 35.9 Å². The van der Waals surface area contributed by atoms with Gasteiger partial charge in [-0.3, -0.25) is 9.59 Å². The van der Waals surface area contributed by atoms with Gasteiger partial charge in [0.2, 0.25) is 5.91 Å². The van der Waals surface area contributed by atoms with Gasteiger partial charge in [-0.1, -0.05) is 11.6 Å². The van der Waals surface area contributed by atoms with Crippen molar-refractivity contribution < 1.29 is 31.1 Å². The molecule has 0 bridgehead atoms. The Labute approximate surface area is 147 Å². The smallest absolute Gasteiger partial charge is 0.325 e. The van der Waals surface area contributed by atoms with Gasteiger partial charge in [0, 0.05) is 18.0 Å². The van der Waals surface area contributed by atoms with E-state index in [0.29, 0.717) is 29.0 Å². The summed E-state index contributed by atoms with van der Waals surface area (Å²) in [4.78, 5) is 23.4. The minimum absolute atomic E-state index is 0.272. The van der Waals surface area contributed by atoms with Crippen molar-refractivity contribution in [2.45, 2.75) is 18.9 Å². The number of amides is 1. The summed E-state index contributed by atoms with van der Waals surface area (Å²) >= 11 is 5.44. The quantitative estimate of drug-likeness (QED) is 0.789. The summed E-state index contributed by atoms with van der Waals surface area (Å²) < 4.78 is 76.7. The van der Waals surface area contributed by atoms with Gasteiger partial charge < -0.3 is 9.88 Å². The van der Waals surface area contributed by atoms with Gasteiger partial charge in [0.1, 0.15) is 6.54 Å². The number of benzene rings is 1. The molecule has 0 spiro atoms. The van der Waals surface area contributed by atoms with E-state index in [1.54, 1.807) is 0 Å². The zero-order chi connectivity index (χ0) is 19.7. The van der Waals surface area contributed by atoms with Gasteiger partial charge in [-0.25, -0.2) is 0 Å². The average Bonchev–Trinajstić information content (AvgIpc) is 2.49. The van der Waals surface area contributed by atoms with Crippen LogP contribution in [0.15, 0.2) is 41.3 Å². The van der Waals surface area contributed by atoms with Crippen LogP contribution in [0.1, 0.15) is 11.1 Å². The summed E-state index contributed by atoms with van der Waals surface area (Å²) in [5.74, 6) is -0.984. The Morgan fingerprint density at radius 1 is 1.04 bits per heavy atom. The normalized spacial score (nSPS) is 12.1. The molecule has 0 fully saturated rings. The number of nitrogens with one attached hydrogen (secondary N) is 1. The lowest BCUT2D eigenvalue weighted by Crippen LogP contribution is -2.28. The monoisotopic (exact) mass is 398 g/mol. The van der Waals surface area contributed by atoms with E-state index in [1.165, 1.54) is 0 Å². The number of carbonyl (C=O) groups is 1. The third-order valence-electron chi connectivity index (χ3n) is 3.18. The Hall–Kier alpha value is -2.49. The second kappa shape index (κ2) is 7.02. The highest BCUT2D eigenvalue weighted by Gasteiger charge is 2.33. The molecule has 0 aliphatic rings. The maximum atomic E-state index is 12.8. The van der Waals surface area contributed by atoms with Crippen molar-refractivity contribution in [1.29, 1.82) is 0 Å². The molecule has 1 amide bonds. The summed E-state index contributed by atoms with van der Waals surface area (Å²) in [5, 5.41) is 1.50. The molecule has 0 radical (unpaired) electrons. The number of hydrogen-bond donors (Lipinski definition) is 1.